The largest absolute Gasteiger partial charge is 0.366 e. The molecule has 2 aromatic carbocycles. The molecule has 0 atom stereocenters. The molecular weight excluding hydrogens is 310 g/mol. The van der Waals surface area contributed by atoms with Crippen molar-refractivity contribution >= 4 is 29.3 Å². The van der Waals surface area contributed by atoms with E-state index < -0.39 is 23.6 Å². The number of amides is 4. The fraction of sp³-hybridized carbons (Fsp3) is 0.0588. The van der Waals surface area contributed by atoms with Crippen LogP contribution in [0, 0.1) is 0 Å². The molecule has 0 unspecified atom stereocenters. The van der Waals surface area contributed by atoms with E-state index in [2.05, 4.69) is 5.32 Å². The van der Waals surface area contributed by atoms with E-state index in [4.69, 9.17) is 5.73 Å². The Bertz CT molecular complexity index is 823. The third kappa shape index (κ3) is 2.74. The van der Waals surface area contributed by atoms with Gasteiger partial charge < -0.3 is 11.1 Å². The van der Waals surface area contributed by atoms with Crippen molar-refractivity contribution in [3.63, 3.8) is 0 Å². The molecule has 4 amide bonds. The summed E-state index contributed by atoms with van der Waals surface area (Å²) in [6.45, 7) is -0.385. The Morgan fingerprint density at radius 3 is 1.96 bits per heavy atom. The number of nitrogens with one attached hydrogen (secondary N) is 1. The molecule has 120 valence electrons. The molecule has 7 nitrogen and oxygen atoms in total. The van der Waals surface area contributed by atoms with Gasteiger partial charge in [-0.3, -0.25) is 24.1 Å². The number of anilines is 1. The Morgan fingerprint density at radius 2 is 1.46 bits per heavy atom. The van der Waals surface area contributed by atoms with E-state index in [-0.39, 0.29) is 6.54 Å². The predicted octanol–water partition coefficient (Wildman–Crippen LogP) is 1.02. The first-order chi connectivity index (χ1) is 11.5. The minimum atomic E-state index is -0.570. The lowest BCUT2D eigenvalue weighted by Gasteiger charge is -2.13. The summed E-state index contributed by atoms with van der Waals surface area (Å²) in [5.74, 6) is -2.07. The Labute approximate surface area is 137 Å². The second-order valence-corrected chi connectivity index (χ2v) is 5.23. The van der Waals surface area contributed by atoms with E-state index in [1.807, 2.05) is 0 Å². The third-order valence-electron chi connectivity index (χ3n) is 3.63. The van der Waals surface area contributed by atoms with Crippen LogP contribution in [0.3, 0.4) is 0 Å². The van der Waals surface area contributed by atoms with Crippen LogP contribution >= 0.6 is 0 Å². The molecule has 1 heterocycles. The molecule has 7 heteroatoms. The molecule has 0 saturated carbocycles. The van der Waals surface area contributed by atoms with Crippen molar-refractivity contribution in [2.75, 3.05) is 11.9 Å². The van der Waals surface area contributed by atoms with Crippen LogP contribution in [0.5, 0.6) is 0 Å². The zero-order valence-corrected chi connectivity index (χ0v) is 12.5. The number of nitrogens with two attached hydrogens (primary N) is 1. The maximum atomic E-state index is 12.2. The highest BCUT2D eigenvalue weighted by Crippen LogP contribution is 2.22. The standard InChI is InChI=1S/C17H13N3O4/c18-15(22)10-5-7-11(8-6-10)19-14(21)9-20-16(23)12-3-1-2-4-13(12)17(20)24/h1-8H,9H2,(H2,18,22)(H,19,21). The molecule has 0 saturated heterocycles. The van der Waals surface area contributed by atoms with Crippen molar-refractivity contribution in [2.45, 2.75) is 0 Å². The highest BCUT2D eigenvalue weighted by molar-refractivity contribution is 6.22. The van der Waals surface area contributed by atoms with Gasteiger partial charge in [0.2, 0.25) is 11.8 Å². The van der Waals surface area contributed by atoms with Crippen molar-refractivity contribution in [2.24, 2.45) is 5.73 Å². The number of fused-ring (bicyclic) bond motifs is 1. The van der Waals surface area contributed by atoms with E-state index in [9.17, 15) is 19.2 Å². The smallest absolute Gasteiger partial charge is 0.262 e. The van der Waals surface area contributed by atoms with E-state index in [0.717, 1.165) is 4.90 Å². The summed E-state index contributed by atoms with van der Waals surface area (Å²) in [5, 5.41) is 2.57. The molecule has 3 N–H and O–H groups in total. The minimum absolute atomic E-state index is 0.293. The second-order valence-electron chi connectivity index (χ2n) is 5.23. The molecule has 0 aromatic heterocycles. The number of hydrogen-bond acceptors (Lipinski definition) is 4. The number of nitrogens with zero attached hydrogens (tertiary/aromatic N) is 1. The summed E-state index contributed by atoms with van der Waals surface area (Å²) in [4.78, 5) is 48.4. The lowest BCUT2D eigenvalue weighted by Crippen LogP contribution is -2.37. The van der Waals surface area contributed by atoms with Gasteiger partial charge in [0.1, 0.15) is 6.54 Å². The number of imide groups is 1. The van der Waals surface area contributed by atoms with Gasteiger partial charge in [0.05, 0.1) is 11.1 Å². The fourth-order valence-corrected chi connectivity index (χ4v) is 2.44. The van der Waals surface area contributed by atoms with Gasteiger partial charge >= 0.3 is 0 Å². The van der Waals surface area contributed by atoms with Gasteiger partial charge in [-0.1, -0.05) is 12.1 Å². The van der Waals surface area contributed by atoms with E-state index in [1.165, 1.54) is 24.3 Å². The summed E-state index contributed by atoms with van der Waals surface area (Å²) in [6.07, 6.45) is 0. The first-order valence-electron chi connectivity index (χ1n) is 7.12. The van der Waals surface area contributed by atoms with Crippen molar-refractivity contribution in [3.05, 3.63) is 65.2 Å². The fourth-order valence-electron chi connectivity index (χ4n) is 2.44. The van der Waals surface area contributed by atoms with Gasteiger partial charge in [-0.25, -0.2) is 0 Å². The van der Waals surface area contributed by atoms with Crippen LogP contribution in [0.4, 0.5) is 5.69 Å². The molecule has 0 radical (unpaired) electrons. The Balaban J connectivity index is 1.69. The zero-order chi connectivity index (χ0) is 17.3. The molecule has 2 aromatic rings. The third-order valence-corrected chi connectivity index (χ3v) is 3.63. The number of carbonyl (C=O) groups excluding carboxylic acids is 4. The summed E-state index contributed by atoms with van der Waals surface area (Å²) in [7, 11) is 0. The number of benzene rings is 2. The SMILES string of the molecule is NC(=O)c1ccc(NC(=O)CN2C(=O)c3ccccc3C2=O)cc1. The van der Waals surface area contributed by atoms with Gasteiger partial charge in [-0.2, -0.15) is 0 Å². The number of rotatable bonds is 4. The maximum absolute atomic E-state index is 12.2. The van der Waals surface area contributed by atoms with Crippen molar-refractivity contribution < 1.29 is 19.2 Å². The van der Waals surface area contributed by atoms with Gasteiger partial charge in [-0.15, -0.1) is 0 Å². The van der Waals surface area contributed by atoms with Crippen LogP contribution in [0.1, 0.15) is 31.1 Å². The zero-order valence-electron chi connectivity index (χ0n) is 12.5. The molecule has 24 heavy (non-hydrogen) atoms. The maximum Gasteiger partial charge on any atom is 0.262 e. The Kier molecular flexibility index (Phi) is 3.83. The molecule has 0 bridgehead atoms. The summed E-state index contributed by atoms with van der Waals surface area (Å²) in [6, 6.07) is 12.4. The van der Waals surface area contributed by atoms with Crippen molar-refractivity contribution in [1.82, 2.24) is 4.90 Å². The second kappa shape index (κ2) is 5.96. The van der Waals surface area contributed by atoms with Crippen LogP contribution in [0.15, 0.2) is 48.5 Å². The molecule has 1 aliphatic rings. The number of hydrogen-bond donors (Lipinski definition) is 2. The van der Waals surface area contributed by atoms with E-state index in [0.29, 0.717) is 22.4 Å². The van der Waals surface area contributed by atoms with Crippen LogP contribution in [0.2, 0.25) is 0 Å². The van der Waals surface area contributed by atoms with Gasteiger partial charge in [0.15, 0.2) is 0 Å². The minimum Gasteiger partial charge on any atom is -0.366 e. The first-order valence-corrected chi connectivity index (χ1v) is 7.12. The van der Waals surface area contributed by atoms with Gasteiger partial charge in [-0.05, 0) is 36.4 Å². The first kappa shape index (κ1) is 15.4. The predicted molar refractivity (Wildman–Crippen MR) is 85.4 cm³/mol. The summed E-state index contributed by atoms with van der Waals surface area (Å²) < 4.78 is 0. The highest BCUT2D eigenvalue weighted by Gasteiger charge is 2.36. The molecule has 0 fully saturated rings. The van der Waals surface area contributed by atoms with Crippen LogP contribution in [-0.2, 0) is 4.79 Å². The monoisotopic (exact) mass is 323 g/mol. The average Bonchev–Trinajstić information content (AvgIpc) is 2.81. The average molecular weight is 323 g/mol. The van der Waals surface area contributed by atoms with Crippen molar-refractivity contribution in [1.29, 1.82) is 0 Å². The van der Waals surface area contributed by atoms with Gasteiger partial charge in [0, 0.05) is 11.3 Å². The van der Waals surface area contributed by atoms with Crippen LogP contribution < -0.4 is 11.1 Å². The lowest BCUT2D eigenvalue weighted by atomic mass is 10.1. The normalized spacial score (nSPS) is 12.9. The topological polar surface area (TPSA) is 110 Å². The molecule has 3 rings (SSSR count). The van der Waals surface area contributed by atoms with E-state index >= 15 is 0 Å². The Hall–Kier alpha value is -3.48. The summed E-state index contributed by atoms with van der Waals surface area (Å²) >= 11 is 0. The molecular formula is C17H13N3O4. The van der Waals surface area contributed by atoms with E-state index in [1.54, 1.807) is 24.3 Å². The highest BCUT2D eigenvalue weighted by atomic mass is 16.2. The molecule has 0 spiro atoms. The van der Waals surface area contributed by atoms with Crippen LogP contribution in [-0.4, -0.2) is 35.1 Å². The lowest BCUT2D eigenvalue weighted by molar-refractivity contribution is -0.116. The summed E-state index contributed by atoms with van der Waals surface area (Å²) in [5.41, 5.74) is 6.47. The molecule has 0 aliphatic carbocycles. The van der Waals surface area contributed by atoms with Crippen molar-refractivity contribution in [3.8, 4) is 0 Å². The Morgan fingerprint density at radius 1 is 0.917 bits per heavy atom. The van der Waals surface area contributed by atoms with Crippen LogP contribution in [0.25, 0.3) is 0 Å². The molecule has 1 aliphatic heterocycles. The number of carbonyl (C=O) groups is 4. The van der Waals surface area contributed by atoms with Gasteiger partial charge in [0.25, 0.3) is 11.8 Å². The number of primary amides is 1. The quantitative estimate of drug-likeness (QED) is 0.819.